The number of rotatable bonds is 5. The summed E-state index contributed by atoms with van der Waals surface area (Å²) in [5, 5.41) is 0. The molecule has 1 aliphatic rings. The first-order chi connectivity index (χ1) is 12.3. The summed E-state index contributed by atoms with van der Waals surface area (Å²) in [7, 11) is 2.61. The smallest absolute Gasteiger partial charge is 0.340 e. The second-order valence-electron chi connectivity index (χ2n) is 6.06. The maximum absolute atomic E-state index is 12.9. The van der Waals surface area contributed by atoms with Gasteiger partial charge in [0.2, 0.25) is 0 Å². The molecule has 0 fully saturated rings. The van der Waals surface area contributed by atoms with Crippen LogP contribution < -0.4 is 0 Å². The molecule has 1 aliphatic heterocycles. The highest BCUT2D eigenvalue weighted by Crippen LogP contribution is 2.33. The number of methoxy groups -OCH3 is 2. The Morgan fingerprint density at radius 2 is 1.69 bits per heavy atom. The van der Waals surface area contributed by atoms with Gasteiger partial charge in [0.1, 0.15) is 0 Å². The van der Waals surface area contributed by atoms with Gasteiger partial charge in [0.05, 0.1) is 30.9 Å². The van der Waals surface area contributed by atoms with Crippen LogP contribution in [0.5, 0.6) is 0 Å². The number of carbonyl (C=O) groups is 3. The molecule has 6 nitrogen and oxygen atoms in total. The molecule has 0 N–H and O–H groups in total. The first-order valence-electron chi connectivity index (χ1n) is 8.38. The van der Waals surface area contributed by atoms with Crippen molar-refractivity contribution in [2.75, 3.05) is 14.2 Å². The van der Waals surface area contributed by atoms with E-state index in [-0.39, 0.29) is 17.5 Å². The highest BCUT2D eigenvalue weighted by Gasteiger charge is 2.38. The Morgan fingerprint density at radius 3 is 2.19 bits per heavy atom. The van der Waals surface area contributed by atoms with E-state index in [4.69, 9.17) is 4.74 Å². The third-order valence-corrected chi connectivity index (χ3v) is 4.51. The molecular weight excluding hydrogens is 334 g/mol. The van der Waals surface area contributed by atoms with Gasteiger partial charge in [-0.1, -0.05) is 19.1 Å². The molecule has 0 aliphatic carbocycles. The van der Waals surface area contributed by atoms with E-state index in [1.165, 1.54) is 14.2 Å². The Hall–Kier alpha value is -2.89. The average Bonchev–Trinajstić information content (AvgIpc) is 2.90. The maximum Gasteiger partial charge on any atom is 0.340 e. The predicted molar refractivity (Wildman–Crippen MR) is 97.1 cm³/mol. The Kier molecular flexibility index (Phi) is 5.97. The van der Waals surface area contributed by atoms with Gasteiger partial charge in [-0.3, -0.25) is 4.79 Å². The van der Waals surface area contributed by atoms with Gasteiger partial charge in [-0.05, 0) is 44.0 Å². The molecule has 138 valence electrons. The number of benzene rings is 1. The Morgan fingerprint density at radius 1 is 1.12 bits per heavy atom. The lowest BCUT2D eigenvalue weighted by Crippen LogP contribution is -2.33. The molecule has 0 saturated carbocycles. The molecular formula is C20H23NO5. The Bertz CT molecular complexity index is 789. The highest BCUT2D eigenvalue weighted by molar-refractivity contribution is 6.16. The van der Waals surface area contributed by atoms with Crippen LogP contribution in [0.4, 0.5) is 0 Å². The molecule has 6 heteroatoms. The predicted octanol–water partition coefficient (Wildman–Crippen LogP) is 2.94. The van der Waals surface area contributed by atoms with Crippen molar-refractivity contribution in [3.05, 3.63) is 52.2 Å². The lowest BCUT2D eigenvalue weighted by atomic mass is 10.0. The molecule has 1 heterocycles. The van der Waals surface area contributed by atoms with Crippen LogP contribution in [-0.2, 0) is 19.1 Å². The van der Waals surface area contributed by atoms with Gasteiger partial charge < -0.3 is 14.4 Å². The van der Waals surface area contributed by atoms with Crippen LogP contribution in [-0.4, -0.2) is 43.0 Å². The molecule has 0 aromatic heterocycles. The summed E-state index contributed by atoms with van der Waals surface area (Å²) in [5.41, 5.74) is 2.26. The van der Waals surface area contributed by atoms with Gasteiger partial charge >= 0.3 is 11.9 Å². The fraction of sp³-hybridized carbons (Fsp3) is 0.350. The summed E-state index contributed by atoms with van der Waals surface area (Å²) >= 11 is 0. The van der Waals surface area contributed by atoms with Crippen molar-refractivity contribution >= 4 is 23.9 Å². The molecule has 0 saturated heterocycles. The third kappa shape index (κ3) is 3.54. The zero-order valence-electron chi connectivity index (χ0n) is 15.7. The molecule has 2 rings (SSSR count). The molecule has 0 unspecified atom stereocenters. The SMILES string of the molecule is CC[C@@H](C)N1C(=O)/C(=C\c2ccc(C(=O)OC)cc2)C(C(=O)OC)=C1C. The first kappa shape index (κ1) is 19.4. The number of hydrogen-bond acceptors (Lipinski definition) is 5. The average molecular weight is 357 g/mol. The minimum absolute atomic E-state index is 0.0326. The number of nitrogens with zero attached hydrogens (tertiary/aromatic N) is 1. The van der Waals surface area contributed by atoms with Crippen molar-refractivity contribution in [1.82, 2.24) is 4.90 Å². The molecule has 1 aromatic rings. The third-order valence-electron chi connectivity index (χ3n) is 4.51. The first-order valence-corrected chi connectivity index (χ1v) is 8.38. The van der Waals surface area contributed by atoms with Gasteiger partial charge in [0.15, 0.2) is 0 Å². The lowest BCUT2D eigenvalue weighted by Gasteiger charge is -2.24. The van der Waals surface area contributed by atoms with Crippen LogP contribution in [0.25, 0.3) is 6.08 Å². The van der Waals surface area contributed by atoms with Crippen LogP contribution in [0, 0.1) is 0 Å². The second kappa shape index (κ2) is 7.99. The number of allylic oxidation sites excluding steroid dienone is 1. The van der Waals surface area contributed by atoms with Crippen LogP contribution >= 0.6 is 0 Å². The van der Waals surface area contributed by atoms with E-state index in [0.717, 1.165) is 6.42 Å². The van der Waals surface area contributed by atoms with Crippen LogP contribution in [0.2, 0.25) is 0 Å². The number of esters is 2. The van der Waals surface area contributed by atoms with Crippen LogP contribution in [0.15, 0.2) is 41.1 Å². The molecule has 1 amide bonds. The van der Waals surface area contributed by atoms with Crippen LogP contribution in [0.3, 0.4) is 0 Å². The van der Waals surface area contributed by atoms with E-state index in [1.807, 2.05) is 13.8 Å². The summed E-state index contributed by atoms with van der Waals surface area (Å²) in [6.07, 6.45) is 2.40. The normalized spacial score (nSPS) is 16.9. The minimum atomic E-state index is -0.543. The van der Waals surface area contributed by atoms with Gasteiger partial charge in [-0.15, -0.1) is 0 Å². The van der Waals surface area contributed by atoms with E-state index in [9.17, 15) is 14.4 Å². The van der Waals surface area contributed by atoms with Crippen molar-refractivity contribution < 1.29 is 23.9 Å². The van der Waals surface area contributed by atoms with E-state index in [2.05, 4.69) is 4.74 Å². The second-order valence-corrected chi connectivity index (χ2v) is 6.06. The topological polar surface area (TPSA) is 72.9 Å². The van der Waals surface area contributed by atoms with Crippen molar-refractivity contribution in [3.8, 4) is 0 Å². The fourth-order valence-corrected chi connectivity index (χ4v) is 2.91. The van der Waals surface area contributed by atoms with Crippen molar-refractivity contribution in [2.24, 2.45) is 0 Å². The lowest BCUT2D eigenvalue weighted by molar-refractivity contribution is -0.136. The largest absolute Gasteiger partial charge is 0.465 e. The van der Waals surface area contributed by atoms with Crippen molar-refractivity contribution in [2.45, 2.75) is 33.2 Å². The monoisotopic (exact) mass is 357 g/mol. The molecule has 0 radical (unpaired) electrons. The maximum atomic E-state index is 12.9. The molecule has 1 aromatic carbocycles. The summed E-state index contributed by atoms with van der Waals surface area (Å²) in [6, 6.07) is 6.58. The fourth-order valence-electron chi connectivity index (χ4n) is 2.91. The summed E-state index contributed by atoms with van der Waals surface area (Å²) in [5.74, 6) is -1.21. The number of amides is 1. The zero-order valence-corrected chi connectivity index (χ0v) is 15.7. The van der Waals surface area contributed by atoms with Gasteiger partial charge in [0, 0.05) is 11.7 Å². The van der Waals surface area contributed by atoms with E-state index in [0.29, 0.717) is 22.4 Å². The van der Waals surface area contributed by atoms with Crippen LogP contribution in [0.1, 0.15) is 43.1 Å². The molecule has 26 heavy (non-hydrogen) atoms. The van der Waals surface area contributed by atoms with Crippen molar-refractivity contribution in [1.29, 1.82) is 0 Å². The highest BCUT2D eigenvalue weighted by atomic mass is 16.5. The van der Waals surface area contributed by atoms with Gasteiger partial charge in [0.25, 0.3) is 5.91 Å². The Labute approximate surface area is 153 Å². The quantitative estimate of drug-likeness (QED) is 0.598. The number of carbonyl (C=O) groups excluding carboxylic acids is 3. The minimum Gasteiger partial charge on any atom is -0.465 e. The molecule has 1 atom stereocenters. The van der Waals surface area contributed by atoms with E-state index >= 15 is 0 Å². The van der Waals surface area contributed by atoms with Gasteiger partial charge in [-0.2, -0.15) is 0 Å². The van der Waals surface area contributed by atoms with E-state index in [1.54, 1.807) is 42.2 Å². The summed E-state index contributed by atoms with van der Waals surface area (Å²) < 4.78 is 9.54. The summed E-state index contributed by atoms with van der Waals surface area (Å²) in [6.45, 7) is 5.66. The molecule has 0 spiro atoms. The number of hydrogen-bond donors (Lipinski definition) is 0. The Balaban J connectivity index is 2.48. The van der Waals surface area contributed by atoms with Crippen molar-refractivity contribution in [3.63, 3.8) is 0 Å². The van der Waals surface area contributed by atoms with E-state index < -0.39 is 11.9 Å². The van der Waals surface area contributed by atoms with Gasteiger partial charge in [-0.25, -0.2) is 9.59 Å². The standard InChI is InChI=1S/C20H23NO5/c1-6-12(2)21-13(3)17(20(24)26-5)16(18(21)22)11-14-7-9-15(10-8-14)19(23)25-4/h7-12H,6H2,1-5H3/b16-11-/t12-/m1/s1. The number of ether oxygens (including phenoxy) is 2. The summed E-state index contributed by atoms with van der Waals surface area (Å²) in [4.78, 5) is 38.3. The zero-order chi connectivity index (χ0) is 19.4. The molecule has 0 bridgehead atoms.